The van der Waals surface area contributed by atoms with Gasteiger partial charge in [-0.2, -0.15) is 5.26 Å². The first-order chi connectivity index (χ1) is 7.66. The number of rotatable bonds is 6. The Balaban J connectivity index is 0. The van der Waals surface area contributed by atoms with Crippen LogP contribution in [0.4, 0.5) is 0 Å². The van der Waals surface area contributed by atoms with Crippen LogP contribution in [-0.4, -0.2) is 30.7 Å². The number of unbranched alkanes of at least 4 members (excludes halogenated alkanes) is 1. The lowest BCUT2D eigenvalue weighted by Crippen LogP contribution is -2.06. The quantitative estimate of drug-likeness (QED) is 0.392. The average Bonchev–Trinajstić information content (AvgIpc) is 2.34. The minimum atomic E-state index is -0.455. The minimum Gasteiger partial charge on any atom is -0.422 e. The van der Waals surface area contributed by atoms with Crippen molar-refractivity contribution in [2.24, 2.45) is 4.99 Å². The van der Waals surface area contributed by atoms with Crippen LogP contribution in [0.25, 0.3) is 5.41 Å². The zero-order valence-electron chi connectivity index (χ0n) is 11.0. The first kappa shape index (κ1) is 17.7. The SMILES string of the molecule is CCCC[P+](CC)(CC)CC.N#CN=C=[N-]. The molecule has 4 heteroatoms. The van der Waals surface area contributed by atoms with Crippen LogP contribution in [0.3, 0.4) is 0 Å². The van der Waals surface area contributed by atoms with Crippen molar-refractivity contribution in [2.75, 3.05) is 24.6 Å². The fraction of sp³-hybridized carbons (Fsp3) is 0.833. The second-order valence-corrected chi connectivity index (χ2v) is 8.71. The molecule has 3 nitrogen and oxygen atoms in total. The molecule has 0 atom stereocenters. The summed E-state index contributed by atoms with van der Waals surface area (Å²) in [6, 6.07) is 1.28. The van der Waals surface area contributed by atoms with E-state index in [1.807, 2.05) is 0 Å². The molecule has 16 heavy (non-hydrogen) atoms. The van der Waals surface area contributed by atoms with Crippen molar-refractivity contribution in [2.45, 2.75) is 40.5 Å². The summed E-state index contributed by atoms with van der Waals surface area (Å²) < 4.78 is 0. The van der Waals surface area contributed by atoms with E-state index in [2.05, 4.69) is 32.7 Å². The second kappa shape index (κ2) is 12.4. The van der Waals surface area contributed by atoms with Gasteiger partial charge in [-0.3, -0.25) is 0 Å². The summed E-state index contributed by atoms with van der Waals surface area (Å²) >= 11 is 0. The van der Waals surface area contributed by atoms with Crippen LogP contribution in [0.2, 0.25) is 0 Å². The van der Waals surface area contributed by atoms with E-state index in [-0.39, 0.29) is 0 Å². The van der Waals surface area contributed by atoms with Crippen LogP contribution >= 0.6 is 7.26 Å². The number of nitriles is 1. The van der Waals surface area contributed by atoms with Gasteiger partial charge in [-0.1, -0.05) is 13.3 Å². The van der Waals surface area contributed by atoms with Crippen molar-refractivity contribution in [1.82, 2.24) is 0 Å². The largest absolute Gasteiger partial charge is 0.422 e. The van der Waals surface area contributed by atoms with Gasteiger partial charge in [-0.25, -0.2) is 0 Å². The minimum absolute atomic E-state index is 0.455. The molecule has 0 aromatic rings. The second-order valence-electron chi connectivity index (χ2n) is 3.68. The Morgan fingerprint density at radius 2 is 1.62 bits per heavy atom. The van der Waals surface area contributed by atoms with Crippen molar-refractivity contribution < 1.29 is 0 Å². The zero-order chi connectivity index (χ0) is 12.9. The van der Waals surface area contributed by atoms with Gasteiger partial charge in [0.2, 0.25) is 0 Å². The first-order valence-electron chi connectivity index (χ1n) is 5.99. The Labute approximate surface area is 101 Å². The molecule has 0 rings (SSSR count). The van der Waals surface area contributed by atoms with Crippen molar-refractivity contribution in [3.8, 4) is 6.19 Å². The summed E-state index contributed by atoms with van der Waals surface area (Å²) in [5.41, 5.74) is 0. The van der Waals surface area contributed by atoms with Crippen molar-refractivity contribution >= 4 is 13.3 Å². The highest BCUT2D eigenvalue weighted by atomic mass is 31.2. The molecule has 0 fully saturated rings. The van der Waals surface area contributed by atoms with Gasteiger partial charge < -0.3 is 10.4 Å². The van der Waals surface area contributed by atoms with Gasteiger partial charge in [0.25, 0.3) is 0 Å². The van der Waals surface area contributed by atoms with Gasteiger partial charge in [0.05, 0.1) is 30.8 Å². The fourth-order valence-corrected chi connectivity index (χ4v) is 4.94. The van der Waals surface area contributed by atoms with Crippen molar-refractivity contribution in [1.29, 1.82) is 5.26 Å². The maximum absolute atomic E-state index is 7.43. The summed E-state index contributed by atoms with van der Waals surface area (Å²) in [6.45, 7) is 9.46. The van der Waals surface area contributed by atoms with Crippen LogP contribution in [0, 0.1) is 11.5 Å². The monoisotopic (exact) mass is 241 g/mol. The number of hydrogen-bond acceptors (Lipinski definition) is 2. The Kier molecular flexibility index (Phi) is 13.7. The maximum Gasteiger partial charge on any atom is 0.0925 e. The Hall–Kier alpha value is -0.700. The topological polar surface area (TPSA) is 58.5 Å². The van der Waals surface area contributed by atoms with E-state index >= 15 is 0 Å². The molecule has 0 heterocycles. The van der Waals surface area contributed by atoms with Gasteiger partial charge in [0.1, 0.15) is 0 Å². The van der Waals surface area contributed by atoms with Crippen LogP contribution in [0.1, 0.15) is 40.5 Å². The van der Waals surface area contributed by atoms with E-state index < -0.39 is 7.26 Å². The first-order valence-corrected chi connectivity index (χ1v) is 8.52. The van der Waals surface area contributed by atoms with Gasteiger partial charge in [0.15, 0.2) is 0 Å². The zero-order valence-corrected chi connectivity index (χ0v) is 11.9. The fourth-order valence-electron chi connectivity index (χ4n) is 1.66. The standard InChI is InChI=1S/C10H24P.C2N3/c1-5-9-10-11(6-2,7-3)8-4;3-1-5-2-4/h5-10H2,1-4H3;/q+1;-1. The summed E-state index contributed by atoms with van der Waals surface area (Å²) in [5, 5.41) is 14.9. The van der Waals surface area contributed by atoms with Crippen LogP contribution in [0.5, 0.6) is 0 Å². The smallest absolute Gasteiger partial charge is 0.0925 e. The molecule has 0 saturated heterocycles. The molecule has 0 aliphatic heterocycles. The van der Waals surface area contributed by atoms with E-state index in [1.54, 1.807) is 6.16 Å². The Morgan fingerprint density at radius 1 is 1.12 bits per heavy atom. The highest BCUT2D eigenvalue weighted by molar-refractivity contribution is 7.75. The molecule has 0 unspecified atom stereocenters. The highest BCUT2D eigenvalue weighted by Gasteiger charge is 2.29. The third kappa shape index (κ3) is 8.60. The molecule has 0 radical (unpaired) electrons. The molecule has 0 aliphatic rings. The third-order valence-corrected chi connectivity index (χ3v) is 8.39. The van der Waals surface area contributed by atoms with E-state index in [4.69, 9.17) is 10.7 Å². The molecule has 0 N–H and O–H groups in total. The van der Waals surface area contributed by atoms with Gasteiger partial charge in [0, 0.05) is 7.26 Å². The molecule has 0 aliphatic carbocycles. The molecular weight excluding hydrogens is 217 g/mol. The van der Waals surface area contributed by atoms with Gasteiger partial charge in [-0.05, 0) is 27.2 Å². The van der Waals surface area contributed by atoms with Crippen molar-refractivity contribution in [3.05, 3.63) is 5.41 Å². The van der Waals surface area contributed by atoms with Crippen molar-refractivity contribution in [3.63, 3.8) is 0 Å². The number of nitrogens with zero attached hydrogens (tertiary/aromatic N) is 3. The van der Waals surface area contributed by atoms with E-state index in [0.29, 0.717) is 0 Å². The molecule has 0 amide bonds. The Morgan fingerprint density at radius 3 is 1.81 bits per heavy atom. The normalized spacial score (nSPS) is 9.44. The summed E-state index contributed by atoms with van der Waals surface area (Å²) in [7, 11) is -0.455. The van der Waals surface area contributed by atoms with E-state index in [1.165, 1.54) is 43.5 Å². The molecule has 0 bridgehead atoms. The van der Waals surface area contributed by atoms with E-state index in [9.17, 15) is 0 Å². The maximum atomic E-state index is 7.43. The molecule has 0 saturated carbocycles. The molecule has 0 aromatic carbocycles. The summed E-state index contributed by atoms with van der Waals surface area (Å²) in [5.74, 6) is 0. The average molecular weight is 241 g/mol. The third-order valence-electron chi connectivity index (χ3n) is 3.10. The number of hydrogen-bond donors (Lipinski definition) is 0. The summed E-state index contributed by atoms with van der Waals surface area (Å²) in [4.78, 5) is 2.58. The van der Waals surface area contributed by atoms with Crippen LogP contribution < -0.4 is 0 Å². The molecule has 0 aromatic heterocycles. The number of aliphatic imine (C=N–C) groups is 1. The van der Waals surface area contributed by atoms with Gasteiger partial charge >= 0.3 is 0 Å². The lowest BCUT2D eigenvalue weighted by molar-refractivity contribution is 0.882. The van der Waals surface area contributed by atoms with E-state index in [0.717, 1.165) is 0 Å². The molecular formula is C12H24N3P. The highest BCUT2D eigenvalue weighted by Crippen LogP contribution is 2.58. The molecule has 92 valence electrons. The Bertz CT molecular complexity index is 227. The lowest BCUT2D eigenvalue weighted by Gasteiger charge is -2.23. The van der Waals surface area contributed by atoms with Gasteiger partial charge in [-0.15, -0.1) is 6.01 Å². The van der Waals surface area contributed by atoms with Crippen LogP contribution in [0.15, 0.2) is 4.99 Å². The van der Waals surface area contributed by atoms with Crippen LogP contribution in [-0.2, 0) is 0 Å². The summed E-state index contributed by atoms with van der Waals surface area (Å²) in [6.07, 6.45) is 10.1. The molecule has 0 spiro atoms. The predicted octanol–water partition coefficient (Wildman–Crippen LogP) is 4.07. The lowest BCUT2D eigenvalue weighted by atomic mass is 10.4. The predicted molar refractivity (Wildman–Crippen MR) is 74.7 cm³/mol.